The van der Waals surface area contributed by atoms with Crippen LogP contribution in [0.15, 0.2) is 24.3 Å². The number of sulfonamides is 1. The normalized spacial score (nSPS) is 15.3. The van der Waals surface area contributed by atoms with Crippen molar-refractivity contribution in [2.24, 2.45) is 0 Å². The topological polar surface area (TPSA) is 95.5 Å². The molecule has 0 atom stereocenters. The van der Waals surface area contributed by atoms with Crippen LogP contribution < -0.4 is 10.0 Å². The Morgan fingerprint density at radius 2 is 1.71 bits per heavy atom. The molecule has 17 heavy (non-hydrogen) atoms. The Hall–Kier alpha value is -1.76. The van der Waals surface area contributed by atoms with Crippen molar-refractivity contribution in [1.82, 2.24) is 0 Å². The molecule has 0 aromatic heterocycles. The predicted octanol–water partition coefficient (Wildman–Crippen LogP) is 1.68. The van der Waals surface area contributed by atoms with E-state index in [9.17, 15) is 13.2 Å². The highest BCUT2D eigenvalue weighted by molar-refractivity contribution is 7.93. The van der Waals surface area contributed by atoms with E-state index in [1.807, 2.05) is 0 Å². The van der Waals surface area contributed by atoms with Gasteiger partial charge in [-0.1, -0.05) is 0 Å². The number of amides is 1. The summed E-state index contributed by atoms with van der Waals surface area (Å²) in [4.78, 5) is 10.4. The molecule has 2 rings (SSSR count). The van der Waals surface area contributed by atoms with Gasteiger partial charge in [0.2, 0.25) is 10.0 Å². The zero-order valence-electron chi connectivity index (χ0n) is 8.88. The lowest BCUT2D eigenvalue weighted by Gasteiger charge is -2.07. The maximum atomic E-state index is 11.6. The first-order valence-electron chi connectivity index (χ1n) is 5.09. The van der Waals surface area contributed by atoms with Crippen molar-refractivity contribution < 1.29 is 18.3 Å². The van der Waals surface area contributed by atoms with Crippen LogP contribution >= 0.6 is 0 Å². The van der Waals surface area contributed by atoms with Crippen LogP contribution in [-0.2, 0) is 10.0 Å². The molecule has 0 heterocycles. The fraction of sp³-hybridized carbons (Fsp3) is 0.300. The van der Waals surface area contributed by atoms with Crippen molar-refractivity contribution in [2.45, 2.75) is 18.1 Å². The second kappa shape index (κ2) is 4.25. The monoisotopic (exact) mass is 256 g/mol. The summed E-state index contributed by atoms with van der Waals surface area (Å²) in [5, 5.41) is 10.4. The van der Waals surface area contributed by atoms with Gasteiger partial charge in [0.25, 0.3) is 0 Å². The van der Waals surface area contributed by atoms with E-state index in [0.29, 0.717) is 24.2 Å². The van der Waals surface area contributed by atoms with Gasteiger partial charge in [-0.2, -0.15) is 0 Å². The van der Waals surface area contributed by atoms with E-state index in [1.165, 1.54) is 24.3 Å². The summed E-state index contributed by atoms with van der Waals surface area (Å²) < 4.78 is 25.7. The van der Waals surface area contributed by atoms with Crippen LogP contribution in [0.2, 0.25) is 0 Å². The molecule has 1 aliphatic carbocycles. The summed E-state index contributed by atoms with van der Waals surface area (Å²) in [5.74, 6) is 0. The number of hydrogen-bond donors (Lipinski definition) is 3. The van der Waals surface area contributed by atoms with Crippen molar-refractivity contribution in [2.75, 3.05) is 10.0 Å². The van der Waals surface area contributed by atoms with Crippen molar-refractivity contribution in [3.8, 4) is 0 Å². The number of hydrogen-bond acceptors (Lipinski definition) is 3. The van der Waals surface area contributed by atoms with Crippen LogP contribution in [0.1, 0.15) is 12.8 Å². The third-order valence-electron chi connectivity index (χ3n) is 2.36. The third kappa shape index (κ3) is 3.10. The molecule has 0 spiro atoms. The van der Waals surface area contributed by atoms with Gasteiger partial charge in [-0.15, -0.1) is 0 Å². The summed E-state index contributed by atoms with van der Waals surface area (Å²) in [7, 11) is -3.26. The molecule has 92 valence electrons. The zero-order chi connectivity index (χ0) is 12.5. The quantitative estimate of drug-likeness (QED) is 0.763. The summed E-state index contributed by atoms with van der Waals surface area (Å²) in [6.07, 6.45) is 0.249. The maximum absolute atomic E-state index is 11.6. The second-order valence-electron chi connectivity index (χ2n) is 3.85. The van der Waals surface area contributed by atoms with Crippen LogP contribution in [0.25, 0.3) is 0 Å². The predicted molar refractivity (Wildman–Crippen MR) is 63.7 cm³/mol. The maximum Gasteiger partial charge on any atom is 0.409 e. The van der Waals surface area contributed by atoms with E-state index >= 15 is 0 Å². The van der Waals surface area contributed by atoms with Gasteiger partial charge in [0.05, 0.1) is 5.25 Å². The van der Waals surface area contributed by atoms with Crippen LogP contribution in [0, 0.1) is 0 Å². The van der Waals surface area contributed by atoms with Crippen molar-refractivity contribution in [3.63, 3.8) is 0 Å². The van der Waals surface area contributed by atoms with Crippen LogP contribution in [0.4, 0.5) is 16.2 Å². The van der Waals surface area contributed by atoms with E-state index in [1.54, 1.807) is 0 Å². The van der Waals surface area contributed by atoms with Crippen LogP contribution in [0.5, 0.6) is 0 Å². The van der Waals surface area contributed by atoms with E-state index in [4.69, 9.17) is 5.11 Å². The van der Waals surface area contributed by atoms with Crippen molar-refractivity contribution in [1.29, 1.82) is 0 Å². The van der Waals surface area contributed by atoms with E-state index in [-0.39, 0.29) is 5.25 Å². The van der Waals surface area contributed by atoms with Gasteiger partial charge < -0.3 is 5.11 Å². The Morgan fingerprint density at radius 3 is 2.18 bits per heavy atom. The fourth-order valence-electron chi connectivity index (χ4n) is 1.37. The smallest absolute Gasteiger partial charge is 0.409 e. The molecule has 1 aromatic rings. The Kier molecular flexibility index (Phi) is 2.93. The highest BCUT2D eigenvalue weighted by Crippen LogP contribution is 2.29. The molecule has 1 fully saturated rings. The lowest BCUT2D eigenvalue weighted by molar-refractivity contribution is 0.209. The third-order valence-corrected chi connectivity index (χ3v) is 4.23. The summed E-state index contributed by atoms with van der Waals surface area (Å²) in [6.45, 7) is 0. The molecule has 0 saturated heterocycles. The largest absolute Gasteiger partial charge is 0.465 e. The molecule has 0 aliphatic heterocycles. The number of anilines is 2. The molecule has 1 saturated carbocycles. The molecular formula is C10H12N2O4S. The lowest BCUT2D eigenvalue weighted by Crippen LogP contribution is -2.17. The molecule has 7 heteroatoms. The van der Waals surface area contributed by atoms with Gasteiger partial charge in [0.15, 0.2) is 0 Å². The molecule has 0 radical (unpaired) electrons. The minimum absolute atomic E-state index is 0.278. The van der Waals surface area contributed by atoms with Crippen LogP contribution in [0.3, 0.4) is 0 Å². The summed E-state index contributed by atoms with van der Waals surface area (Å²) in [6, 6.07) is 6.04. The minimum Gasteiger partial charge on any atom is -0.465 e. The molecule has 6 nitrogen and oxygen atoms in total. The highest BCUT2D eigenvalue weighted by atomic mass is 32.2. The zero-order valence-corrected chi connectivity index (χ0v) is 9.70. The van der Waals surface area contributed by atoms with E-state index in [2.05, 4.69) is 10.0 Å². The Labute approximate surface area is 98.7 Å². The van der Waals surface area contributed by atoms with E-state index in [0.717, 1.165) is 0 Å². The number of carboxylic acid groups (broad SMARTS) is 1. The molecule has 0 unspecified atom stereocenters. The number of nitrogens with one attached hydrogen (secondary N) is 2. The van der Waals surface area contributed by atoms with Gasteiger partial charge in [0.1, 0.15) is 0 Å². The average molecular weight is 256 g/mol. The van der Waals surface area contributed by atoms with Gasteiger partial charge in [-0.05, 0) is 37.1 Å². The van der Waals surface area contributed by atoms with E-state index < -0.39 is 16.1 Å². The summed E-state index contributed by atoms with van der Waals surface area (Å²) in [5.41, 5.74) is 0.833. The molecule has 1 amide bonds. The minimum atomic E-state index is -3.26. The standard InChI is InChI=1S/C10H12N2O4S/c13-10(14)11-7-1-3-8(4-2-7)12-17(15,16)9-5-6-9/h1-4,9,11-12H,5-6H2,(H,13,14). The Morgan fingerprint density at radius 1 is 1.18 bits per heavy atom. The highest BCUT2D eigenvalue weighted by Gasteiger charge is 2.35. The van der Waals surface area contributed by atoms with Gasteiger partial charge >= 0.3 is 6.09 Å². The first-order chi connectivity index (χ1) is 7.97. The molecule has 1 aliphatic rings. The number of benzene rings is 1. The lowest BCUT2D eigenvalue weighted by atomic mass is 10.3. The van der Waals surface area contributed by atoms with Crippen molar-refractivity contribution >= 4 is 27.5 Å². The molecule has 0 bridgehead atoms. The van der Waals surface area contributed by atoms with Gasteiger partial charge in [-0.3, -0.25) is 10.0 Å². The van der Waals surface area contributed by atoms with Crippen molar-refractivity contribution in [3.05, 3.63) is 24.3 Å². The molecule has 3 N–H and O–H groups in total. The first-order valence-corrected chi connectivity index (χ1v) is 6.64. The van der Waals surface area contributed by atoms with Gasteiger partial charge in [0, 0.05) is 11.4 Å². The first kappa shape index (κ1) is 11.7. The second-order valence-corrected chi connectivity index (χ2v) is 5.81. The van der Waals surface area contributed by atoms with Gasteiger partial charge in [-0.25, -0.2) is 13.2 Å². The molecule has 1 aromatic carbocycles. The molecular weight excluding hydrogens is 244 g/mol. The Balaban J connectivity index is 2.05. The SMILES string of the molecule is O=C(O)Nc1ccc(NS(=O)(=O)C2CC2)cc1. The average Bonchev–Trinajstić information content (AvgIpc) is 3.03. The Bertz CT molecular complexity index is 520. The summed E-state index contributed by atoms with van der Waals surface area (Å²) >= 11 is 0. The number of carbonyl (C=O) groups is 1. The fourth-order valence-corrected chi connectivity index (χ4v) is 2.76. The number of rotatable bonds is 4. The van der Waals surface area contributed by atoms with Crippen LogP contribution in [-0.4, -0.2) is 24.9 Å².